The Bertz CT molecular complexity index is 904. The molecule has 3 rings (SSSR count). The van der Waals surface area contributed by atoms with Gasteiger partial charge in [-0.3, -0.25) is 14.4 Å². The van der Waals surface area contributed by atoms with Crippen LogP contribution in [-0.2, 0) is 4.79 Å². The first-order chi connectivity index (χ1) is 13.4. The predicted octanol–water partition coefficient (Wildman–Crippen LogP) is 3.62. The molecule has 0 saturated carbocycles. The lowest BCUT2D eigenvalue weighted by Crippen LogP contribution is -2.15. The molecule has 2 aromatic rings. The third kappa shape index (κ3) is 4.68. The number of carbonyl (C=O) groups excluding carboxylic acids is 3. The van der Waals surface area contributed by atoms with Gasteiger partial charge in [0.25, 0.3) is 0 Å². The summed E-state index contributed by atoms with van der Waals surface area (Å²) in [5, 5.41) is 2.75. The van der Waals surface area contributed by atoms with Crippen molar-refractivity contribution in [3.63, 3.8) is 0 Å². The molecule has 1 aliphatic heterocycles. The van der Waals surface area contributed by atoms with E-state index in [0.29, 0.717) is 47.1 Å². The summed E-state index contributed by atoms with van der Waals surface area (Å²) in [4.78, 5) is 35.3. The first-order valence-corrected chi connectivity index (χ1v) is 8.92. The molecular formula is C21H21NO6. The van der Waals surface area contributed by atoms with Crippen molar-refractivity contribution >= 4 is 23.2 Å². The number of benzene rings is 2. The highest BCUT2D eigenvalue weighted by Gasteiger charge is 2.20. The van der Waals surface area contributed by atoms with E-state index in [2.05, 4.69) is 5.32 Å². The van der Waals surface area contributed by atoms with E-state index < -0.39 is 0 Å². The van der Waals surface area contributed by atoms with E-state index in [1.165, 1.54) is 13.8 Å². The summed E-state index contributed by atoms with van der Waals surface area (Å²) in [5.41, 5.74) is 1.40. The van der Waals surface area contributed by atoms with Crippen LogP contribution in [0, 0.1) is 0 Å². The molecule has 28 heavy (non-hydrogen) atoms. The topological polar surface area (TPSA) is 90.9 Å². The second-order valence-electron chi connectivity index (χ2n) is 6.39. The summed E-state index contributed by atoms with van der Waals surface area (Å²) in [7, 11) is 0. The summed E-state index contributed by atoms with van der Waals surface area (Å²) < 4.78 is 16.2. The lowest BCUT2D eigenvalue weighted by Gasteiger charge is -2.11. The van der Waals surface area contributed by atoms with E-state index in [4.69, 9.17) is 14.2 Å². The number of fused-ring (bicyclic) bond motifs is 1. The highest BCUT2D eigenvalue weighted by molar-refractivity contribution is 6.04. The average Bonchev–Trinajstić information content (AvgIpc) is 3.12. The smallest absolute Gasteiger partial charge is 0.231 e. The van der Waals surface area contributed by atoms with Gasteiger partial charge in [-0.05, 0) is 50.6 Å². The summed E-state index contributed by atoms with van der Waals surface area (Å²) in [6.07, 6.45) is 0.734. The zero-order valence-corrected chi connectivity index (χ0v) is 15.7. The standard InChI is InChI=1S/C21H21NO6/c1-13(23)15-5-7-16(8-6-15)26-9-3-4-21(25)22-18-11-20-19(27-12-28-20)10-17(18)14(2)24/h5-8,10-11H,3-4,9,12H2,1-2H3,(H,22,25). The zero-order chi connectivity index (χ0) is 20.1. The lowest BCUT2D eigenvalue weighted by molar-refractivity contribution is -0.116. The maximum absolute atomic E-state index is 12.2. The van der Waals surface area contributed by atoms with Crippen molar-refractivity contribution < 1.29 is 28.6 Å². The van der Waals surface area contributed by atoms with Crippen LogP contribution in [0.3, 0.4) is 0 Å². The maximum Gasteiger partial charge on any atom is 0.231 e. The summed E-state index contributed by atoms with van der Waals surface area (Å²) >= 11 is 0. The van der Waals surface area contributed by atoms with Crippen LogP contribution in [-0.4, -0.2) is 30.9 Å². The first-order valence-electron chi connectivity index (χ1n) is 8.92. The summed E-state index contributed by atoms with van der Waals surface area (Å²) in [5.74, 6) is 1.23. The Morgan fingerprint density at radius 1 is 1.00 bits per heavy atom. The molecule has 0 bridgehead atoms. The molecule has 7 heteroatoms. The minimum Gasteiger partial charge on any atom is -0.494 e. The average molecular weight is 383 g/mol. The lowest BCUT2D eigenvalue weighted by atomic mass is 10.1. The van der Waals surface area contributed by atoms with Gasteiger partial charge in [0, 0.05) is 23.6 Å². The van der Waals surface area contributed by atoms with Gasteiger partial charge < -0.3 is 19.5 Å². The van der Waals surface area contributed by atoms with E-state index >= 15 is 0 Å². The number of ketones is 2. The molecule has 146 valence electrons. The third-order valence-corrected chi connectivity index (χ3v) is 4.24. The number of anilines is 1. The molecule has 1 N–H and O–H groups in total. The molecule has 0 atom stereocenters. The quantitative estimate of drug-likeness (QED) is 0.553. The van der Waals surface area contributed by atoms with Crippen molar-refractivity contribution in [2.75, 3.05) is 18.7 Å². The van der Waals surface area contributed by atoms with Gasteiger partial charge in [-0.2, -0.15) is 0 Å². The van der Waals surface area contributed by atoms with Gasteiger partial charge in [-0.25, -0.2) is 0 Å². The second-order valence-corrected chi connectivity index (χ2v) is 6.39. The van der Waals surface area contributed by atoms with Crippen LogP contribution in [0.2, 0.25) is 0 Å². The highest BCUT2D eigenvalue weighted by Crippen LogP contribution is 2.37. The van der Waals surface area contributed by atoms with Gasteiger partial charge in [-0.1, -0.05) is 0 Å². The van der Waals surface area contributed by atoms with Crippen molar-refractivity contribution in [2.45, 2.75) is 26.7 Å². The SMILES string of the molecule is CC(=O)c1ccc(OCCCC(=O)Nc2cc3c(cc2C(C)=O)OCO3)cc1. The number of ether oxygens (including phenoxy) is 3. The van der Waals surface area contributed by atoms with Crippen LogP contribution in [0.15, 0.2) is 36.4 Å². The molecule has 1 aliphatic rings. The molecule has 1 heterocycles. The molecule has 0 radical (unpaired) electrons. The van der Waals surface area contributed by atoms with E-state index in [1.54, 1.807) is 36.4 Å². The molecule has 1 amide bonds. The van der Waals surface area contributed by atoms with Crippen molar-refractivity contribution in [3.8, 4) is 17.2 Å². The fraction of sp³-hybridized carbons (Fsp3) is 0.286. The van der Waals surface area contributed by atoms with Crippen molar-refractivity contribution in [1.82, 2.24) is 0 Å². The molecule has 0 aromatic heterocycles. The van der Waals surface area contributed by atoms with Crippen LogP contribution < -0.4 is 19.5 Å². The van der Waals surface area contributed by atoms with E-state index in [-0.39, 0.29) is 30.7 Å². The van der Waals surface area contributed by atoms with Crippen LogP contribution in [0.1, 0.15) is 47.4 Å². The van der Waals surface area contributed by atoms with Crippen molar-refractivity contribution in [3.05, 3.63) is 47.5 Å². The number of hydrogen-bond acceptors (Lipinski definition) is 6. The van der Waals surface area contributed by atoms with Crippen LogP contribution in [0.4, 0.5) is 5.69 Å². The Balaban J connectivity index is 1.51. The Labute approximate surface area is 162 Å². The fourth-order valence-corrected chi connectivity index (χ4v) is 2.76. The first kappa shape index (κ1) is 19.4. The Kier molecular flexibility index (Phi) is 5.93. The molecule has 0 fully saturated rings. The highest BCUT2D eigenvalue weighted by atomic mass is 16.7. The second kappa shape index (κ2) is 8.56. The minimum absolute atomic E-state index is 0.00308. The van der Waals surface area contributed by atoms with Gasteiger partial charge in [0.15, 0.2) is 23.1 Å². The number of nitrogens with one attached hydrogen (secondary N) is 1. The van der Waals surface area contributed by atoms with Crippen molar-refractivity contribution in [1.29, 1.82) is 0 Å². The van der Waals surface area contributed by atoms with Crippen LogP contribution in [0.5, 0.6) is 17.2 Å². The largest absolute Gasteiger partial charge is 0.494 e. The van der Waals surface area contributed by atoms with Crippen LogP contribution in [0.25, 0.3) is 0 Å². The normalized spacial score (nSPS) is 11.8. The third-order valence-electron chi connectivity index (χ3n) is 4.24. The summed E-state index contributed by atoms with van der Waals surface area (Å²) in [6, 6.07) is 10.0. The maximum atomic E-state index is 12.2. The van der Waals surface area contributed by atoms with Gasteiger partial charge in [-0.15, -0.1) is 0 Å². The van der Waals surface area contributed by atoms with E-state index in [1.807, 2.05) is 0 Å². The van der Waals surface area contributed by atoms with Gasteiger partial charge in [0.2, 0.25) is 12.7 Å². The number of rotatable bonds is 8. The van der Waals surface area contributed by atoms with E-state index in [0.717, 1.165) is 0 Å². The molecule has 0 spiro atoms. The van der Waals surface area contributed by atoms with Crippen molar-refractivity contribution in [2.24, 2.45) is 0 Å². The summed E-state index contributed by atoms with van der Waals surface area (Å²) in [6.45, 7) is 3.38. The fourth-order valence-electron chi connectivity index (χ4n) is 2.76. The Hall–Kier alpha value is -3.35. The molecule has 7 nitrogen and oxygen atoms in total. The Morgan fingerprint density at radius 2 is 1.68 bits per heavy atom. The number of carbonyl (C=O) groups is 3. The monoisotopic (exact) mass is 383 g/mol. The molecular weight excluding hydrogens is 362 g/mol. The number of amides is 1. The minimum atomic E-state index is -0.225. The predicted molar refractivity (Wildman–Crippen MR) is 102 cm³/mol. The Morgan fingerprint density at radius 3 is 2.32 bits per heavy atom. The zero-order valence-electron chi connectivity index (χ0n) is 15.7. The molecule has 0 aliphatic carbocycles. The van der Waals surface area contributed by atoms with E-state index in [9.17, 15) is 14.4 Å². The van der Waals surface area contributed by atoms with Crippen LogP contribution >= 0.6 is 0 Å². The number of hydrogen-bond donors (Lipinski definition) is 1. The van der Waals surface area contributed by atoms with Gasteiger partial charge >= 0.3 is 0 Å². The molecule has 2 aromatic carbocycles. The molecule has 0 unspecified atom stereocenters. The molecule has 0 saturated heterocycles. The van der Waals surface area contributed by atoms with Gasteiger partial charge in [0.05, 0.1) is 12.3 Å². The van der Waals surface area contributed by atoms with Gasteiger partial charge in [0.1, 0.15) is 5.75 Å². The number of Topliss-reactive ketones (excluding diaryl/α,β-unsaturated/α-hetero) is 2.